The average Bonchev–Trinajstić information content (AvgIpc) is 2.79. The Bertz CT molecular complexity index is 424. The molecule has 0 aromatic heterocycles. The number of hydrogen-bond acceptors (Lipinski definition) is 3. The van der Waals surface area contributed by atoms with Gasteiger partial charge in [-0.05, 0) is 32.6 Å². The van der Waals surface area contributed by atoms with Gasteiger partial charge in [-0.15, -0.1) is 0 Å². The molecule has 0 radical (unpaired) electrons. The molecule has 7 heteroatoms. The summed E-state index contributed by atoms with van der Waals surface area (Å²) < 4.78 is 0. The van der Waals surface area contributed by atoms with Crippen LogP contribution in [0.2, 0.25) is 0 Å². The number of carbonyl (C=O) groups is 3. The van der Waals surface area contributed by atoms with E-state index in [1.807, 2.05) is 13.8 Å². The molecule has 21 heavy (non-hydrogen) atoms. The van der Waals surface area contributed by atoms with Crippen LogP contribution in [0.3, 0.4) is 0 Å². The second-order valence-electron chi connectivity index (χ2n) is 6.14. The van der Waals surface area contributed by atoms with Crippen LogP contribution >= 0.6 is 0 Å². The number of carbonyl (C=O) groups excluding carboxylic acids is 2. The molecule has 7 nitrogen and oxygen atoms in total. The number of nitrogens with one attached hydrogen (secondary N) is 2. The van der Waals surface area contributed by atoms with Gasteiger partial charge in [0.2, 0.25) is 5.91 Å². The van der Waals surface area contributed by atoms with E-state index in [9.17, 15) is 19.5 Å². The highest BCUT2D eigenvalue weighted by Crippen LogP contribution is 2.29. The van der Waals surface area contributed by atoms with E-state index < -0.39 is 23.6 Å². The summed E-state index contributed by atoms with van der Waals surface area (Å²) in [6.07, 6.45) is 1.06. The highest BCUT2D eigenvalue weighted by atomic mass is 16.4. The number of aliphatic carboxylic acids is 1. The number of carboxylic acid groups (broad SMARTS) is 1. The van der Waals surface area contributed by atoms with Crippen LogP contribution in [-0.2, 0) is 9.59 Å². The number of hydrogen-bond donors (Lipinski definition) is 3. The number of carboxylic acids is 1. The molecule has 2 atom stereocenters. The summed E-state index contributed by atoms with van der Waals surface area (Å²) in [7, 11) is 0. The highest BCUT2D eigenvalue weighted by Gasteiger charge is 2.46. The zero-order valence-corrected chi connectivity index (χ0v) is 13.1. The molecule has 0 bridgehead atoms. The van der Waals surface area contributed by atoms with Gasteiger partial charge in [-0.3, -0.25) is 4.79 Å². The lowest BCUT2D eigenvalue weighted by Gasteiger charge is -2.32. The first-order valence-corrected chi connectivity index (χ1v) is 7.27. The molecule has 3 N–H and O–H groups in total. The lowest BCUT2D eigenvalue weighted by Crippen LogP contribution is -2.57. The van der Waals surface area contributed by atoms with E-state index in [-0.39, 0.29) is 5.91 Å². The number of rotatable bonds is 5. The van der Waals surface area contributed by atoms with Crippen LogP contribution in [0.4, 0.5) is 4.79 Å². The topological polar surface area (TPSA) is 98.7 Å². The summed E-state index contributed by atoms with van der Waals surface area (Å²) in [6, 6.07) is -1.21. The smallest absolute Gasteiger partial charge is 0.329 e. The molecule has 1 heterocycles. The van der Waals surface area contributed by atoms with Gasteiger partial charge < -0.3 is 20.6 Å². The second-order valence-corrected chi connectivity index (χ2v) is 6.14. The van der Waals surface area contributed by atoms with Crippen molar-refractivity contribution in [3.8, 4) is 0 Å². The van der Waals surface area contributed by atoms with E-state index in [1.165, 1.54) is 11.8 Å². The van der Waals surface area contributed by atoms with Crippen LogP contribution in [0.1, 0.15) is 40.5 Å². The van der Waals surface area contributed by atoms with E-state index in [0.717, 1.165) is 0 Å². The Kier molecular flexibility index (Phi) is 5.57. The number of amides is 3. The third-order valence-corrected chi connectivity index (χ3v) is 3.76. The molecule has 1 saturated heterocycles. The Hall–Kier alpha value is -1.79. The lowest BCUT2D eigenvalue weighted by atomic mass is 10.00. The maximum absolute atomic E-state index is 12.2. The quantitative estimate of drug-likeness (QED) is 0.699. The van der Waals surface area contributed by atoms with E-state index in [1.54, 1.807) is 6.92 Å². The fourth-order valence-electron chi connectivity index (χ4n) is 2.30. The van der Waals surface area contributed by atoms with Crippen molar-refractivity contribution < 1.29 is 19.5 Å². The lowest BCUT2D eigenvalue weighted by molar-refractivity contribution is -0.147. The second kappa shape index (κ2) is 6.78. The standard InChI is InChI=1S/C14H25N3O4/c1-9(2)8-15-11(18)10(3)16-13(21)17-7-5-6-14(17,4)12(19)20/h9-10H,5-8H2,1-4H3,(H,15,18)(H,16,21)(H,19,20). The summed E-state index contributed by atoms with van der Waals surface area (Å²) >= 11 is 0. The van der Waals surface area contributed by atoms with E-state index >= 15 is 0 Å². The molecule has 2 unspecified atom stereocenters. The van der Waals surface area contributed by atoms with Crippen LogP contribution in [0.15, 0.2) is 0 Å². The van der Waals surface area contributed by atoms with Crippen LogP contribution < -0.4 is 10.6 Å². The molecule has 120 valence electrons. The molecular weight excluding hydrogens is 274 g/mol. The molecule has 1 fully saturated rings. The Morgan fingerprint density at radius 1 is 1.29 bits per heavy atom. The molecule has 0 aromatic carbocycles. The van der Waals surface area contributed by atoms with Gasteiger partial charge in [0.05, 0.1) is 0 Å². The first-order valence-electron chi connectivity index (χ1n) is 7.27. The summed E-state index contributed by atoms with van der Waals surface area (Å²) in [5, 5.41) is 14.6. The Balaban J connectivity index is 2.60. The fourth-order valence-corrected chi connectivity index (χ4v) is 2.30. The summed E-state index contributed by atoms with van der Waals surface area (Å²) in [4.78, 5) is 36.6. The SMILES string of the molecule is CC(C)CNC(=O)C(C)NC(=O)N1CCCC1(C)C(=O)O. The van der Waals surface area contributed by atoms with Crippen LogP contribution in [0.5, 0.6) is 0 Å². The Morgan fingerprint density at radius 2 is 1.90 bits per heavy atom. The molecule has 1 aliphatic rings. The van der Waals surface area contributed by atoms with Gasteiger partial charge in [0.1, 0.15) is 11.6 Å². The van der Waals surface area contributed by atoms with Crippen molar-refractivity contribution in [1.29, 1.82) is 0 Å². The zero-order valence-electron chi connectivity index (χ0n) is 13.1. The first-order chi connectivity index (χ1) is 9.68. The van der Waals surface area contributed by atoms with E-state index in [0.29, 0.717) is 31.8 Å². The number of likely N-dealkylation sites (tertiary alicyclic amines) is 1. The third-order valence-electron chi connectivity index (χ3n) is 3.76. The van der Waals surface area contributed by atoms with Gasteiger partial charge in [0, 0.05) is 13.1 Å². The molecule has 0 aromatic rings. The van der Waals surface area contributed by atoms with Gasteiger partial charge in [0.15, 0.2) is 0 Å². The van der Waals surface area contributed by atoms with Crippen molar-refractivity contribution in [3.05, 3.63) is 0 Å². The minimum atomic E-state index is -1.20. The third kappa shape index (κ3) is 4.09. The predicted octanol–water partition coefficient (Wildman–Crippen LogP) is 0.796. The fraction of sp³-hybridized carbons (Fsp3) is 0.786. The largest absolute Gasteiger partial charge is 0.480 e. The average molecular weight is 299 g/mol. The van der Waals surface area contributed by atoms with E-state index in [2.05, 4.69) is 10.6 Å². The molecular formula is C14H25N3O4. The molecule has 0 aliphatic carbocycles. The number of nitrogens with zero attached hydrogens (tertiary/aromatic N) is 1. The summed E-state index contributed by atoms with van der Waals surface area (Å²) in [5.74, 6) is -0.967. The molecule has 1 rings (SSSR count). The predicted molar refractivity (Wildman–Crippen MR) is 77.8 cm³/mol. The van der Waals surface area contributed by atoms with Crippen molar-refractivity contribution in [2.24, 2.45) is 5.92 Å². The Labute approximate surface area is 125 Å². The zero-order chi connectivity index (χ0) is 16.2. The van der Waals surface area contributed by atoms with Crippen molar-refractivity contribution in [2.45, 2.75) is 52.1 Å². The summed E-state index contributed by atoms with van der Waals surface area (Å²) in [5.41, 5.74) is -1.20. The van der Waals surface area contributed by atoms with Crippen molar-refractivity contribution in [1.82, 2.24) is 15.5 Å². The number of urea groups is 1. The van der Waals surface area contributed by atoms with Crippen LogP contribution in [0.25, 0.3) is 0 Å². The van der Waals surface area contributed by atoms with Crippen LogP contribution in [-0.4, -0.2) is 52.6 Å². The van der Waals surface area contributed by atoms with Gasteiger partial charge in [-0.2, -0.15) is 0 Å². The molecule has 0 saturated carbocycles. The molecule has 3 amide bonds. The maximum Gasteiger partial charge on any atom is 0.329 e. The van der Waals surface area contributed by atoms with Crippen molar-refractivity contribution in [2.75, 3.05) is 13.1 Å². The van der Waals surface area contributed by atoms with Crippen molar-refractivity contribution >= 4 is 17.9 Å². The van der Waals surface area contributed by atoms with Crippen LogP contribution in [0, 0.1) is 5.92 Å². The minimum Gasteiger partial charge on any atom is -0.480 e. The Morgan fingerprint density at radius 3 is 2.43 bits per heavy atom. The highest BCUT2D eigenvalue weighted by molar-refractivity contribution is 5.90. The minimum absolute atomic E-state index is 0.270. The first kappa shape index (κ1) is 17.3. The van der Waals surface area contributed by atoms with Gasteiger partial charge in [0.25, 0.3) is 0 Å². The van der Waals surface area contributed by atoms with Gasteiger partial charge in [-0.25, -0.2) is 9.59 Å². The van der Waals surface area contributed by atoms with Gasteiger partial charge >= 0.3 is 12.0 Å². The monoisotopic (exact) mass is 299 g/mol. The molecule has 1 aliphatic heterocycles. The van der Waals surface area contributed by atoms with Gasteiger partial charge in [-0.1, -0.05) is 13.8 Å². The molecule has 0 spiro atoms. The van der Waals surface area contributed by atoms with Crippen molar-refractivity contribution in [3.63, 3.8) is 0 Å². The summed E-state index contributed by atoms with van der Waals surface area (Å²) in [6.45, 7) is 8.00. The normalized spacial score (nSPS) is 23.0. The maximum atomic E-state index is 12.2. The van der Waals surface area contributed by atoms with E-state index in [4.69, 9.17) is 0 Å².